The summed E-state index contributed by atoms with van der Waals surface area (Å²) in [6.45, 7) is 0. The summed E-state index contributed by atoms with van der Waals surface area (Å²) >= 11 is 0. The van der Waals surface area contributed by atoms with Crippen LogP contribution in [0.15, 0.2) is 29.2 Å². The Morgan fingerprint density at radius 2 is 2.00 bits per heavy atom. The number of amidine groups is 1. The van der Waals surface area contributed by atoms with E-state index in [0.29, 0.717) is 12.2 Å². The maximum atomic E-state index is 12.3. The zero-order chi connectivity index (χ0) is 14.8. The van der Waals surface area contributed by atoms with Crippen LogP contribution in [-0.2, 0) is 10.0 Å². The number of hydrogen-bond donors (Lipinski definition) is 3. The monoisotopic (exact) mass is 297 g/mol. The third-order valence-corrected chi connectivity index (χ3v) is 5.10. The van der Waals surface area contributed by atoms with Crippen molar-refractivity contribution in [3.05, 3.63) is 24.3 Å². The van der Waals surface area contributed by atoms with E-state index >= 15 is 0 Å². The topological polar surface area (TPSA) is 105 Å². The van der Waals surface area contributed by atoms with Gasteiger partial charge in [0.2, 0.25) is 10.0 Å². The third kappa shape index (κ3) is 3.10. The molecule has 0 aromatic heterocycles. The van der Waals surface area contributed by atoms with Crippen LogP contribution >= 0.6 is 0 Å². The quantitative estimate of drug-likeness (QED) is 0.558. The second-order valence-electron chi connectivity index (χ2n) is 4.90. The standard InChI is InChI=1S/C13H19N3O3S/c1-19-9-5-7-10(8-6-9)20(17,18)16-12-4-2-3-11(12)13(14)15/h5-8,11-12,16H,2-4H2,1H3,(H3,14,15). The Morgan fingerprint density at radius 1 is 1.35 bits per heavy atom. The highest BCUT2D eigenvalue weighted by atomic mass is 32.2. The van der Waals surface area contributed by atoms with Gasteiger partial charge in [0.15, 0.2) is 0 Å². The van der Waals surface area contributed by atoms with E-state index in [9.17, 15) is 8.42 Å². The lowest BCUT2D eigenvalue weighted by atomic mass is 10.0. The van der Waals surface area contributed by atoms with Crippen LogP contribution in [0.4, 0.5) is 0 Å². The van der Waals surface area contributed by atoms with E-state index in [0.717, 1.165) is 12.8 Å². The number of ether oxygens (including phenoxy) is 1. The Labute approximate surface area is 118 Å². The predicted octanol–water partition coefficient (Wildman–Crippen LogP) is 1.08. The third-order valence-electron chi connectivity index (χ3n) is 3.59. The van der Waals surface area contributed by atoms with Crippen molar-refractivity contribution in [2.75, 3.05) is 7.11 Å². The molecule has 4 N–H and O–H groups in total. The van der Waals surface area contributed by atoms with Gasteiger partial charge in [0.05, 0.1) is 17.8 Å². The summed E-state index contributed by atoms with van der Waals surface area (Å²) < 4.78 is 32.2. The lowest BCUT2D eigenvalue weighted by Crippen LogP contribution is -2.41. The molecule has 1 saturated carbocycles. The molecule has 2 atom stereocenters. The minimum Gasteiger partial charge on any atom is -0.497 e. The second-order valence-corrected chi connectivity index (χ2v) is 6.61. The van der Waals surface area contributed by atoms with Crippen LogP contribution in [-0.4, -0.2) is 27.4 Å². The van der Waals surface area contributed by atoms with Gasteiger partial charge in [0.1, 0.15) is 5.75 Å². The second kappa shape index (κ2) is 5.80. The molecule has 0 saturated heterocycles. The van der Waals surface area contributed by atoms with Crippen molar-refractivity contribution in [2.45, 2.75) is 30.2 Å². The van der Waals surface area contributed by atoms with Crippen LogP contribution in [0.25, 0.3) is 0 Å². The van der Waals surface area contributed by atoms with E-state index < -0.39 is 10.0 Å². The Bertz CT molecular complexity index is 583. The number of hydrogen-bond acceptors (Lipinski definition) is 4. The average molecular weight is 297 g/mol. The van der Waals surface area contributed by atoms with Gasteiger partial charge in [-0.25, -0.2) is 13.1 Å². The molecule has 20 heavy (non-hydrogen) atoms. The number of sulfonamides is 1. The van der Waals surface area contributed by atoms with Crippen molar-refractivity contribution in [1.82, 2.24) is 4.72 Å². The molecule has 110 valence electrons. The predicted molar refractivity (Wildman–Crippen MR) is 76.4 cm³/mol. The number of benzene rings is 1. The molecule has 1 aromatic rings. The molecule has 0 aliphatic heterocycles. The van der Waals surface area contributed by atoms with Gasteiger partial charge in [-0.3, -0.25) is 5.41 Å². The molecule has 0 amide bonds. The van der Waals surface area contributed by atoms with Gasteiger partial charge in [0, 0.05) is 12.0 Å². The van der Waals surface area contributed by atoms with Crippen molar-refractivity contribution in [3.63, 3.8) is 0 Å². The maximum Gasteiger partial charge on any atom is 0.240 e. The first-order valence-corrected chi connectivity index (χ1v) is 7.92. The van der Waals surface area contributed by atoms with Gasteiger partial charge < -0.3 is 10.5 Å². The fourth-order valence-corrected chi connectivity index (χ4v) is 3.81. The van der Waals surface area contributed by atoms with Crippen LogP contribution in [0, 0.1) is 11.3 Å². The van der Waals surface area contributed by atoms with Gasteiger partial charge in [-0.2, -0.15) is 0 Å². The number of nitrogens with one attached hydrogen (secondary N) is 2. The summed E-state index contributed by atoms with van der Waals surface area (Å²) in [5.41, 5.74) is 5.52. The SMILES string of the molecule is COc1ccc(S(=O)(=O)NC2CCCC2C(=N)N)cc1. The lowest BCUT2D eigenvalue weighted by Gasteiger charge is -2.19. The molecule has 0 bridgehead atoms. The van der Waals surface area contributed by atoms with Gasteiger partial charge >= 0.3 is 0 Å². The van der Waals surface area contributed by atoms with E-state index in [1.807, 2.05) is 0 Å². The van der Waals surface area contributed by atoms with Crippen LogP contribution in [0.1, 0.15) is 19.3 Å². The van der Waals surface area contributed by atoms with E-state index in [2.05, 4.69) is 4.72 Å². The fraction of sp³-hybridized carbons (Fsp3) is 0.462. The molecule has 1 aliphatic rings. The molecule has 0 spiro atoms. The Balaban J connectivity index is 2.16. The maximum absolute atomic E-state index is 12.3. The first-order chi connectivity index (χ1) is 9.44. The summed E-state index contributed by atoms with van der Waals surface area (Å²) in [4.78, 5) is 0.188. The Morgan fingerprint density at radius 3 is 2.55 bits per heavy atom. The molecule has 2 rings (SSSR count). The van der Waals surface area contributed by atoms with E-state index in [4.69, 9.17) is 15.9 Å². The Kier molecular flexibility index (Phi) is 4.29. The summed E-state index contributed by atoms with van der Waals surface area (Å²) in [6.07, 6.45) is 2.34. The molecule has 7 heteroatoms. The zero-order valence-electron chi connectivity index (χ0n) is 11.3. The molecular formula is C13H19N3O3S. The van der Waals surface area contributed by atoms with Crippen molar-refractivity contribution in [1.29, 1.82) is 5.41 Å². The Hall–Kier alpha value is -1.60. The minimum absolute atomic E-state index is 0.0462. The van der Waals surface area contributed by atoms with Crippen molar-refractivity contribution in [3.8, 4) is 5.75 Å². The van der Waals surface area contributed by atoms with Gasteiger partial charge in [-0.05, 0) is 37.1 Å². The van der Waals surface area contributed by atoms with Gasteiger partial charge in [-0.1, -0.05) is 6.42 Å². The molecule has 0 heterocycles. The van der Waals surface area contributed by atoms with Crippen LogP contribution in [0.2, 0.25) is 0 Å². The molecule has 1 aromatic carbocycles. The summed E-state index contributed by atoms with van der Waals surface area (Å²) in [5.74, 6) is 0.444. The van der Waals surface area contributed by atoms with Crippen LogP contribution in [0.5, 0.6) is 5.75 Å². The summed E-state index contributed by atoms with van der Waals surface area (Å²) in [6, 6.07) is 5.91. The van der Waals surface area contributed by atoms with Gasteiger partial charge in [0.25, 0.3) is 0 Å². The average Bonchev–Trinajstić information content (AvgIpc) is 2.86. The smallest absolute Gasteiger partial charge is 0.240 e. The fourth-order valence-electron chi connectivity index (χ4n) is 2.50. The van der Waals surface area contributed by atoms with Crippen molar-refractivity contribution >= 4 is 15.9 Å². The highest BCUT2D eigenvalue weighted by Gasteiger charge is 2.33. The molecule has 6 nitrogen and oxygen atoms in total. The van der Waals surface area contributed by atoms with E-state index in [-0.39, 0.29) is 22.7 Å². The van der Waals surface area contributed by atoms with Crippen LogP contribution < -0.4 is 15.2 Å². The van der Waals surface area contributed by atoms with Crippen LogP contribution in [0.3, 0.4) is 0 Å². The van der Waals surface area contributed by atoms with Crippen molar-refractivity contribution < 1.29 is 13.2 Å². The number of nitrogens with two attached hydrogens (primary N) is 1. The number of rotatable bonds is 5. The first-order valence-electron chi connectivity index (χ1n) is 6.44. The molecule has 1 fully saturated rings. The zero-order valence-corrected chi connectivity index (χ0v) is 12.1. The molecular weight excluding hydrogens is 278 g/mol. The summed E-state index contributed by atoms with van der Waals surface area (Å²) in [7, 11) is -2.07. The van der Waals surface area contributed by atoms with Gasteiger partial charge in [-0.15, -0.1) is 0 Å². The molecule has 2 unspecified atom stereocenters. The number of methoxy groups -OCH3 is 1. The minimum atomic E-state index is -3.59. The highest BCUT2D eigenvalue weighted by Crippen LogP contribution is 2.27. The molecule has 0 radical (unpaired) electrons. The first kappa shape index (κ1) is 14.8. The lowest BCUT2D eigenvalue weighted by molar-refractivity contribution is 0.414. The highest BCUT2D eigenvalue weighted by molar-refractivity contribution is 7.89. The normalized spacial score (nSPS) is 22.6. The van der Waals surface area contributed by atoms with E-state index in [1.54, 1.807) is 12.1 Å². The van der Waals surface area contributed by atoms with E-state index in [1.165, 1.54) is 19.2 Å². The summed E-state index contributed by atoms with van der Waals surface area (Å²) in [5, 5.41) is 7.51. The largest absolute Gasteiger partial charge is 0.497 e. The van der Waals surface area contributed by atoms with Crippen molar-refractivity contribution in [2.24, 2.45) is 11.7 Å². The molecule has 1 aliphatic carbocycles.